The number of quaternary nitrogens is 1. The Hall–Kier alpha value is -3.53. The fourth-order valence-electron chi connectivity index (χ4n) is 8.11. The number of carboxylic acids is 1. The zero-order valence-corrected chi connectivity index (χ0v) is 47.8. The average molecular weight is 1020 g/mol. The summed E-state index contributed by atoms with van der Waals surface area (Å²) in [7, 11) is 5.97. The molecule has 0 saturated carbocycles. The zero-order chi connectivity index (χ0) is 53.4. The van der Waals surface area contributed by atoms with Crippen LogP contribution in [0, 0.1) is 0 Å². The maximum Gasteiger partial charge on any atom is 0.361 e. The molecule has 0 amide bonds. The molecule has 0 aliphatic rings. The van der Waals surface area contributed by atoms with Gasteiger partial charge in [-0.3, -0.25) is 9.59 Å². The van der Waals surface area contributed by atoms with Crippen LogP contribution in [0.25, 0.3) is 0 Å². The van der Waals surface area contributed by atoms with Crippen molar-refractivity contribution in [3.8, 4) is 0 Å². The van der Waals surface area contributed by atoms with E-state index in [-0.39, 0.29) is 32.2 Å². The van der Waals surface area contributed by atoms with Crippen molar-refractivity contribution >= 4 is 17.9 Å². The predicted molar refractivity (Wildman–Crippen MR) is 309 cm³/mol. The number of likely N-dealkylation sites (N-methyl/N-ethyl adjacent to an activating group) is 1. The van der Waals surface area contributed by atoms with Crippen LogP contribution in [-0.2, 0) is 33.3 Å². The van der Waals surface area contributed by atoms with E-state index in [0.717, 1.165) is 83.5 Å². The Morgan fingerprint density at radius 2 is 0.781 bits per heavy atom. The highest BCUT2D eigenvalue weighted by molar-refractivity contribution is 5.71. The minimum absolute atomic E-state index is 0.182. The molecule has 9 heteroatoms. The van der Waals surface area contributed by atoms with Crippen LogP contribution in [0.1, 0.15) is 245 Å². The van der Waals surface area contributed by atoms with Gasteiger partial charge in [0.15, 0.2) is 6.10 Å². The Kier molecular flexibility index (Phi) is 52.1. The molecule has 0 saturated heterocycles. The molecule has 0 aliphatic heterocycles. The molecular formula is C64H112NO8+. The lowest BCUT2D eigenvalue weighted by molar-refractivity contribution is -0.870. The Morgan fingerprint density at radius 3 is 1.16 bits per heavy atom. The molecular weight excluding hydrogens is 911 g/mol. The summed E-state index contributed by atoms with van der Waals surface area (Å²) < 4.78 is 22.9. The second kappa shape index (κ2) is 54.7. The predicted octanol–water partition coefficient (Wildman–Crippen LogP) is 17.6. The second-order valence-electron chi connectivity index (χ2n) is 20.9. The smallest absolute Gasteiger partial charge is 0.361 e. The topological polar surface area (TPSA) is 108 Å². The molecule has 2 unspecified atom stereocenters. The van der Waals surface area contributed by atoms with Gasteiger partial charge < -0.3 is 28.5 Å². The van der Waals surface area contributed by atoms with E-state index in [9.17, 15) is 19.5 Å². The van der Waals surface area contributed by atoms with Gasteiger partial charge in [0.2, 0.25) is 0 Å². The number of ether oxygens (including phenoxy) is 4. The first-order valence-electron chi connectivity index (χ1n) is 29.8. The van der Waals surface area contributed by atoms with Gasteiger partial charge in [-0.25, -0.2) is 4.79 Å². The number of carbonyl (C=O) groups excluding carboxylic acids is 2. The third-order valence-corrected chi connectivity index (χ3v) is 12.7. The molecule has 0 radical (unpaired) electrons. The molecule has 2 atom stereocenters. The fraction of sp³-hybridized carbons (Fsp3) is 0.734. The first kappa shape index (κ1) is 69.5. The average Bonchev–Trinajstić information content (AvgIpc) is 3.36. The summed E-state index contributed by atoms with van der Waals surface area (Å²) in [4.78, 5) is 37.3. The number of rotatable bonds is 54. The van der Waals surface area contributed by atoms with Gasteiger partial charge in [0, 0.05) is 12.8 Å². The number of aliphatic carboxylic acids is 1. The molecule has 0 aliphatic carbocycles. The summed E-state index contributed by atoms with van der Waals surface area (Å²) in [6.45, 7) is 4.77. The largest absolute Gasteiger partial charge is 0.477 e. The molecule has 0 aromatic rings. The van der Waals surface area contributed by atoms with E-state index in [4.69, 9.17) is 18.9 Å². The van der Waals surface area contributed by atoms with Crippen LogP contribution < -0.4 is 0 Å². The van der Waals surface area contributed by atoms with Crippen molar-refractivity contribution in [2.24, 2.45) is 0 Å². The lowest BCUT2D eigenvalue weighted by atomic mass is 10.0. The maximum atomic E-state index is 12.9. The number of hydrogen-bond donors (Lipinski definition) is 1. The number of carboxylic acid groups (broad SMARTS) is 1. The third-order valence-electron chi connectivity index (χ3n) is 12.7. The van der Waals surface area contributed by atoms with Crippen molar-refractivity contribution in [1.29, 1.82) is 0 Å². The molecule has 0 rings (SSSR count). The number of nitrogens with zero attached hydrogens (tertiary/aromatic N) is 1. The fourth-order valence-corrected chi connectivity index (χ4v) is 8.11. The quantitative estimate of drug-likeness (QED) is 0.0211. The molecule has 0 heterocycles. The number of allylic oxidation sites excluding steroid dienone is 14. The van der Waals surface area contributed by atoms with Gasteiger partial charge in [-0.05, 0) is 70.6 Å². The number of carbonyl (C=O) groups is 3. The van der Waals surface area contributed by atoms with Crippen molar-refractivity contribution in [1.82, 2.24) is 0 Å². The lowest BCUT2D eigenvalue weighted by Crippen LogP contribution is -2.40. The van der Waals surface area contributed by atoms with Crippen molar-refractivity contribution in [3.05, 3.63) is 85.1 Å². The van der Waals surface area contributed by atoms with Crippen molar-refractivity contribution < 1.29 is 42.9 Å². The maximum absolute atomic E-state index is 12.9. The molecule has 0 aromatic carbocycles. The number of unbranched alkanes of at least 4 members (excludes halogenated alkanes) is 25. The minimum Gasteiger partial charge on any atom is -0.477 e. The van der Waals surface area contributed by atoms with Gasteiger partial charge in [0.05, 0.1) is 34.4 Å². The van der Waals surface area contributed by atoms with E-state index in [0.29, 0.717) is 17.4 Å². The minimum atomic E-state index is -1.51. The van der Waals surface area contributed by atoms with E-state index in [1.165, 1.54) is 135 Å². The van der Waals surface area contributed by atoms with Crippen molar-refractivity contribution in [2.75, 3.05) is 47.5 Å². The van der Waals surface area contributed by atoms with Gasteiger partial charge in [-0.1, -0.05) is 247 Å². The van der Waals surface area contributed by atoms with E-state index < -0.39 is 24.3 Å². The van der Waals surface area contributed by atoms with E-state index in [2.05, 4.69) is 98.9 Å². The van der Waals surface area contributed by atoms with Crippen LogP contribution in [0.4, 0.5) is 0 Å². The SMILES string of the molecule is CC/C=C\C/C=C\C/C=C\C/C=C\C/C=C\C/C=C\C/C=C\CCCCCCCCCCCCCCCC(=O)OC(COC(=O)CCCCCCCCCCCCCCC)COC(OCC[N+](C)(C)C)C(=O)O. The highest BCUT2D eigenvalue weighted by Gasteiger charge is 2.25. The summed E-state index contributed by atoms with van der Waals surface area (Å²) in [5.74, 6) is -2.00. The van der Waals surface area contributed by atoms with Crippen LogP contribution in [0.5, 0.6) is 0 Å². The molecule has 0 bridgehead atoms. The summed E-state index contributed by atoms with van der Waals surface area (Å²) in [5.41, 5.74) is 0. The lowest BCUT2D eigenvalue weighted by Gasteiger charge is -2.25. The Bertz CT molecular complexity index is 1470. The molecule has 420 valence electrons. The van der Waals surface area contributed by atoms with Gasteiger partial charge in [0.25, 0.3) is 6.29 Å². The van der Waals surface area contributed by atoms with E-state index in [1.54, 1.807) is 0 Å². The Labute approximate surface area is 449 Å². The number of esters is 2. The Balaban J connectivity index is 4.12. The second-order valence-corrected chi connectivity index (χ2v) is 20.9. The normalized spacial score (nSPS) is 13.4. The van der Waals surface area contributed by atoms with Crippen LogP contribution in [0.15, 0.2) is 85.1 Å². The van der Waals surface area contributed by atoms with Gasteiger partial charge in [-0.2, -0.15) is 0 Å². The van der Waals surface area contributed by atoms with Gasteiger partial charge in [-0.15, -0.1) is 0 Å². The van der Waals surface area contributed by atoms with Crippen molar-refractivity contribution in [2.45, 2.75) is 257 Å². The summed E-state index contributed by atoms with van der Waals surface area (Å²) >= 11 is 0. The molecule has 9 nitrogen and oxygen atoms in total. The van der Waals surface area contributed by atoms with Crippen LogP contribution in [0.2, 0.25) is 0 Å². The molecule has 0 spiro atoms. The summed E-state index contributed by atoms with van der Waals surface area (Å²) in [5, 5.41) is 9.69. The monoisotopic (exact) mass is 1020 g/mol. The number of hydrogen-bond acceptors (Lipinski definition) is 7. The van der Waals surface area contributed by atoms with Gasteiger partial charge in [0.1, 0.15) is 13.2 Å². The molecule has 0 aromatic heterocycles. The Morgan fingerprint density at radius 1 is 0.425 bits per heavy atom. The van der Waals surface area contributed by atoms with Crippen LogP contribution in [-0.4, -0.2) is 87.4 Å². The first-order chi connectivity index (χ1) is 35.6. The van der Waals surface area contributed by atoms with Crippen LogP contribution >= 0.6 is 0 Å². The van der Waals surface area contributed by atoms with Crippen LogP contribution in [0.3, 0.4) is 0 Å². The van der Waals surface area contributed by atoms with E-state index >= 15 is 0 Å². The third kappa shape index (κ3) is 56.0. The zero-order valence-electron chi connectivity index (χ0n) is 47.8. The van der Waals surface area contributed by atoms with Gasteiger partial charge >= 0.3 is 17.9 Å². The molecule has 1 N–H and O–H groups in total. The summed E-state index contributed by atoms with van der Waals surface area (Å²) in [6.07, 6.45) is 69.5. The molecule has 0 fully saturated rings. The highest BCUT2D eigenvalue weighted by Crippen LogP contribution is 2.16. The standard InChI is InChI=1S/C64H111NO8/c1-6-8-10-12-14-16-18-20-21-22-23-24-25-26-27-28-29-30-31-32-33-34-35-36-37-38-39-40-41-43-45-47-49-51-53-55-62(67)73-60(59-72-64(63(68)69)70-57-56-65(3,4)5)58-71-61(66)54-52-50-48-46-44-42-19-17-15-13-11-9-7-2/h8,10,14,16,20-21,23-24,26-27,29-30,32-33,60,64H,6-7,9,11-13,15,17-19,22,25,28,31,34-59H2,1-5H3/p+1/b10-8-,16-14-,21-20-,24-23-,27-26-,30-29-,33-32-. The summed E-state index contributed by atoms with van der Waals surface area (Å²) in [6, 6.07) is 0. The highest BCUT2D eigenvalue weighted by atomic mass is 16.7. The first-order valence-corrected chi connectivity index (χ1v) is 29.8. The van der Waals surface area contributed by atoms with Crippen molar-refractivity contribution in [3.63, 3.8) is 0 Å². The van der Waals surface area contributed by atoms with E-state index in [1.807, 2.05) is 21.1 Å². The molecule has 73 heavy (non-hydrogen) atoms.